The second-order valence-electron chi connectivity index (χ2n) is 3.01. The molecule has 16 heavy (non-hydrogen) atoms. The van der Waals surface area contributed by atoms with Crippen LogP contribution in [0, 0.1) is 6.92 Å². The third-order valence-electron chi connectivity index (χ3n) is 1.75. The van der Waals surface area contributed by atoms with Gasteiger partial charge >= 0.3 is 6.36 Å². The number of nitrogens with zero attached hydrogens (tertiary/aromatic N) is 1. The number of aromatic nitrogens is 1. The largest absolute Gasteiger partial charge is 0.573 e. The number of hydrogen-bond acceptors (Lipinski definition) is 4. The van der Waals surface area contributed by atoms with Crippen LogP contribution in [0.2, 0.25) is 0 Å². The second-order valence-corrected chi connectivity index (χ2v) is 3.01. The van der Waals surface area contributed by atoms with Gasteiger partial charge in [0, 0.05) is 17.8 Å². The number of halogens is 3. The van der Waals surface area contributed by atoms with Gasteiger partial charge in [0.15, 0.2) is 12.0 Å². The van der Waals surface area contributed by atoms with E-state index in [1.54, 1.807) is 6.92 Å². The van der Waals surface area contributed by atoms with E-state index in [0.717, 1.165) is 0 Å². The number of nitrogens with two attached hydrogens (primary N) is 1. The zero-order valence-corrected chi connectivity index (χ0v) is 8.34. The maximum absolute atomic E-state index is 12.1. The molecule has 0 saturated carbocycles. The third kappa shape index (κ3) is 2.93. The Hall–Kier alpha value is -1.63. The minimum atomic E-state index is -4.88. The molecule has 0 aliphatic heterocycles. The number of aldehydes is 1. The molecule has 2 N–H and O–H groups in total. The Balaban J connectivity index is 3.27. The van der Waals surface area contributed by atoms with Crippen molar-refractivity contribution in [1.82, 2.24) is 4.98 Å². The van der Waals surface area contributed by atoms with E-state index >= 15 is 0 Å². The summed E-state index contributed by atoms with van der Waals surface area (Å²) in [7, 11) is 0. The standard InChI is InChI=1S/C9H9F3N2O2/c1-5-2-6(3-13)8(7(4-15)14-5)16-9(10,11)12/h2,4H,3,13H2,1H3. The molecule has 1 aromatic rings. The Morgan fingerprint density at radius 2 is 2.19 bits per heavy atom. The van der Waals surface area contributed by atoms with Gasteiger partial charge in [-0.25, -0.2) is 4.98 Å². The van der Waals surface area contributed by atoms with Gasteiger partial charge in [0.05, 0.1) is 0 Å². The van der Waals surface area contributed by atoms with Crippen molar-refractivity contribution in [3.63, 3.8) is 0 Å². The molecule has 0 atom stereocenters. The molecule has 88 valence electrons. The quantitative estimate of drug-likeness (QED) is 0.806. The summed E-state index contributed by atoms with van der Waals surface area (Å²) < 4.78 is 39.9. The minimum absolute atomic E-state index is 0.0897. The van der Waals surface area contributed by atoms with Crippen LogP contribution in [0.1, 0.15) is 21.7 Å². The van der Waals surface area contributed by atoms with Crippen molar-refractivity contribution in [2.24, 2.45) is 5.73 Å². The summed E-state index contributed by atoms with van der Waals surface area (Å²) in [5.41, 5.74) is 5.36. The molecule has 0 aliphatic carbocycles. The molecule has 1 rings (SSSR count). The highest BCUT2D eigenvalue weighted by Crippen LogP contribution is 2.28. The van der Waals surface area contributed by atoms with E-state index in [1.165, 1.54) is 6.07 Å². The van der Waals surface area contributed by atoms with Gasteiger partial charge < -0.3 is 10.5 Å². The number of rotatable bonds is 3. The van der Waals surface area contributed by atoms with E-state index in [1.807, 2.05) is 0 Å². The van der Waals surface area contributed by atoms with Crippen LogP contribution in [0.3, 0.4) is 0 Å². The summed E-state index contributed by atoms with van der Waals surface area (Å²) >= 11 is 0. The summed E-state index contributed by atoms with van der Waals surface area (Å²) in [4.78, 5) is 14.2. The van der Waals surface area contributed by atoms with Crippen LogP contribution in [0.15, 0.2) is 6.07 Å². The zero-order chi connectivity index (χ0) is 12.3. The fourth-order valence-electron chi connectivity index (χ4n) is 1.22. The molecule has 0 radical (unpaired) electrons. The van der Waals surface area contributed by atoms with E-state index in [2.05, 4.69) is 9.72 Å². The Morgan fingerprint density at radius 3 is 2.62 bits per heavy atom. The van der Waals surface area contributed by atoms with Gasteiger partial charge in [0.2, 0.25) is 0 Å². The second kappa shape index (κ2) is 4.48. The van der Waals surface area contributed by atoms with E-state index in [-0.39, 0.29) is 18.4 Å². The molecule has 0 saturated heterocycles. The lowest BCUT2D eigenvalue weighted by Gasteiger charge is -2.14. The molecule has 7 heteroatoms. The van der Waals surface area contributed by atoms with Crippen molar-refractivity contribution >= 4 is 6.29 Å². The summed E-state index contributed by atoms with van der Waals surface area (Å²) in [5.74, 6) is -0.629. The van der Waals surface area contributed by atoms with Crippen molar-refractivity contribution in [2.75, 3.05) is 0 Å². The fourth-order valence-corrected chi connectivity index (χ4v) is 1.22. The van der Waals surface area contributed by atoms with E-state index < -0.39 is 17.8 Å². The first kappa shape index (κ1) is 12.4. The van der Waals surface area contributed by atoms with Crippen LogP contribution in [-0.2, 0) is 6.54 Å². The highest BCUT2D eigenvalue weighted by molar-refractivity contribution is 5.77. The Bertz CT molecular complexity index is 404. The van der Waals surface area contributed by atoms with Crippen LogP contribution in [0.5, 0.6) is 5.75 Å². The highest BCUT2D eigenvalue weighted by Gasteiger charge is 2.33. The lowest BCUT2D eigenvalue weighted by atomic mass is 10.1. The molecule has 0 spiro atoms. The highest BCUT2D eigenvalue weighted by atomic mass is 19.4. The van der Waals surface area contributed by atoms with Crippen molar-refractivity contribution < 1.29 is 22.7 Å². The molecule has 0 aliphatic rings. The van der Waals surface area contributed by atoms with E-state index in [0.29, 0.717) is 5.69 Å². The number of carbonyl (C=O) groups excluding carboxylic acids is 1. The molecule has 0 amide bonds. The summed E-state index contributed by atoms with van der Waals surface area (Å²) in [5, 5.41) is 0. The molecule has 0 aromatic carbocycles. The average molecular weight is 234 g/mol. The number of ether oxygens (including phenoxy) is 1. The smallest absolute Gasteiger partial charge is 0.403 e. The third-order valence-corrected chi connectivity index (χ3v) is 1.75. The van der Waals surface area contributed by atoms with E-state index in [9.17, 15) is 18.0 Å². The summed E-state index contributed by atoms with van der Waals surface area (Å²) in [6.45, 7) is 1.37. The van der Waals surface area contributed by atoms with Gasteiger partial charge in [-0.3, -0.25) is 4.79 Å². The average Bonchev–Trinajstić information content (AvgIpc) is 2.18. The Labute approximate surface area is 89.2 Å². The van der Waals surface area contributed by atoms with Gasteiger partial charge in [0.25, 0.3) is 0 Å². The lowest BCUT2D eigenvalue weighted by Crippen LogP contribution is -2.20. The maximum Gasteiger partial charge on any atom is 0.573 e. The number of alkyl halides is 3. The first-order valence-electron chi connectivity index (χ1n) is 4.29. The lowest BCUT2D eigenvalue weighted by molar-refractivity contribution is -0.275. The summed E-state index contributed by atoms with van der Waals surface area (Å²) in [6.07, 6.45) is -4.67. The topological polar surface area (TPSA) is 65.2 Å². The molecule has 0 fully saturated rings. The predicted octanol–water partition coefficient (Wildman–Crippen LogP) is 1.56. The SMILES string of the molecule is Cc1cc(CN)c(OC(F)(F)F)c(C=O)n1. The number of pyridine rings is 1. The van der Waals surface area contributed by atoms with Gasteiger partial charge in [-0.05, 0) is 13.0 Å². The summed E-state index contributed by atoms with van der Waals surface area (Å²) in [6, 6.07) is 1.34. The van der Waals surface area contributed by atoms with Gasteiger partial charge in [-0.15, -0.1) is 13.2 Å². The monoisotopic (exact) mass is 234 g/mol. The number of hydrogen-bond donors (Lipinski definition) is 1. The van der Waals surface area contributed by atoms with Crippen LogP contribution in [-0.4, -0.2) is 17.6 Å². The van der Waals surface area contributed by atoms with Crippen molar-refractivity contribution in [3.8, 4) is 5.75 Å². The molecule has 0 unspecified atom stereocenters. The number of aryl methyl sites for hydroxylation is 1. The van der Waals surface area contributed by atoms with Crippen molar-refractivity contribution in [2.45, 2.75) is 19.8 Å². The normalized spacial score (nSPS) is 11.3. The zero-order valence-electron chi connectivity index (χ0n) is 8.34. The Kier molecular flexibility index (Phi) is 3.48. The van der Waals surface area contributed by atoms with Gasteiger partial charge in [-0.1, -0.05) is 0 Å². The molecule has 1 heterocycles. The Morgan fingerprint density at radius 1 is 1.56 bits per heavy atom. The van der Waals surface area contributed by atoms with Crippen molar-refractivity contribution in [1.29, 1.82) is 0 Å². The molecule has 4 nitrogen and oxygen atoms in total. The van der Waals surface area contributed by atoms with E-state index in [4.69, 9.17) is 5.73 Å². The van der Waals surface area contributed by atoms with Crippen LogP contribution < -0.4 is 10.5 Å². The fraction of sp³-hybridized carbons (Fsp3) is 0.333. The van der Waals surface area contributed by atoms with Crippen LogP contribution in [0.4, 0.5) is 13.2 Å². The molecule has 1 aromatic heterocycles. The predicted molar refractivity (Wildman–Crippen MR) is 48.9 cm³/mol. The van der Waals surface area contributed by atoms with Gasteiger partial charge in [0.1, 0.15) is 5.69 Å². The maximum atomic E-state index is 12.1. The number of carbonyl (C=O) groups is 1. The van der Waals surface area contributed by atoms with Crippen LogP contribution >= 0.6 is 0 Å². The first-order valence-corrected chi connectivity index (χ1v) is 4.29. The van der Waals surface area contributed by atoms with Crippen LogP contribution in [0.25, 0.3) is 0 Å². The molecular formula is C9H9F3N2O2. The van der Waals surface area contributed by atoms with Gasteiger partial charge in [-0.2, -0.15) is 0 Å². The minimum Gasteiger partial charge on any atom is -0.403 e. The molecule has 0 bridgehead atoms. The van der Waals surface area contributed by atoms with Crippen molar-refractivity contribution in [3.05, 3.63) is 23.0 Å². The molecular weight excluding hydrogens is 225 g/mol. The first-order chi connectivity index (χ1) is 7.37.